The lowest BCUT2D eigenvalue weighted by atomic mass is 10.1. The number of H-pyrrole nitrogens is 1. The monoisotopic (exact) mass is 304 g/mol. The molecule has 0 saturated carbocycles. The summed E-state index contributed by atoms with van der Waals surface area (Å²) in [6, 6.07) is 14.1. The standard InChI is InChI=1S/C16H12N6O/c17-8-13(16(18)19)22-21-12-7-3-5-10-14(12)20-11-6-2-1-4-9(11)15(10)23/h1-7,21H,(H3,18,19)(H,20,23)/b22-13+. The lowest BCUT2D eigenvalue weighted by molar-refractivity contribution is 1.33. The Morgan fingerprint density at radius 2 is 1.96 bits per heavy atom. The van der Waals surface area contributed by atoms with Crippen LogP contribution in [0.5, 0.6) is 0 Å². The first-order valence-corrected chi connectivity index (χ1v) is 6.73. The Hall–Kier alpha value is -3.66. The molecule has 0 aliphatic heterocycles. The van der Waals surface area contributed by atoms with Crippen LogP contribution in [0, 0.1) is 16.7 Å². The Balaban J connectivity index is 2.21. The SMILES string of the molecule is N#C/C(=N\Nc1cccc2c(=O)c3ccccc3[nH]c12)C(=N)N. The molecular formula is C16H12N6O. The molecule has 0 amide bonds. The van der Waals surface area contributed by atoms with Gasteiger partial charge in [0, 0.05) is 16.3 Å². The van der Waals surface area contributed by atoms with Gasteiger partial charge in [-0.25, -0.2) is 0 Å². The number of aromatic amines is 1. The maximum Gasteiger partial charge on any atom is 0.201 e. The molecule has 3 rings (SSSR count). The van der Waals surface area contributed by atoms with E-state index in [4.69, 9.17) is 16.4 Å². The van der Waals surface area contributed by atoms with E-state index in [1.165, 1.54) is 0 Å². The van der Waals surface area contributed by atoms with Gasteiger partial charge in [0.2, 0.25) is 5.71 Å². The van der Waals surface area contributed by atoms with E-state index >= 15 is 0 Å². The smallest absolute Gasteiger partial charge is 0.201 e. The Morgan fingerprint density at radius 3 is 2.70 bits per heavy atom. The van der Waals surface area contributed by atoms with Crippen molar-refractivity contribution in [2.75, 3.05) is 5.43 Å². The fourth-order valence-corrected chi connectivity index (χ4v) is 2.30. The number of hydrazone groups is 1. The number of para-hydroxylation sites is 2. The summed E-state index contributed by atoms with van der Waals surface area (Å²) in [7, 11) is 0. The molecule has 0 spiro atoms. The van der Waals surface area contributed by atoms with Gasteiger partial charge in [-0.2, -0.15) is 10.4 Å². The van der Waals surface area contributed by atoms with E-state index in [2.05, 4.69) is 15.5 Å². The maximum absolute atomic E-state index is 12.6. The van der Waals surface area contributed by atoms with Gasteiger partial charge in [0.15, 0.2) is 11.3 Å². The molecule has 0 aliphatic rings. The largest absolute Gasteiger partial charge is 0.382 e. The highest BCUT2D eigenvalue weighted by atomic mass is 16.1. The van der Waals surface area contributed by atoms with Crippen LogP contribution >= 0.6 is 0 Å². The molecule has 5 N–H and O–H groups in total. The Labute approximate surface area is 130 Å². The molecule has 2 aromatic carbocycles. The first-order chi connectivity index (χ1) is 11.1. The molecule has 0 unspecified atom stereocenters. The quantitative estimate of drug-likeness (QED) is 0.255. The molecule has 0 fully saturated rings. The van der Waals surface area contributed by atoms with Gasteiger partial charge in [-0.3, -0.25) is 15.6 Å². The third-order valence-corrected chi connectivity index (χ3v) is 3.39. The van der Waals surface area contributed by atoms with Crippen LogP contribution in [0.25, 0.3) is 21.8 Å². The molecule has 1 heterocycles. The molecule has 23 heavy (non-hydrogen) atoms. The highest BCUT2D eigenvalue weighted by Gasteiger charge is 2.08. The van der Waals surface area contributed by atoms with Gasteiger partial charge in [-0.05, 0) is 24.3 Å². The molecule has 7 nitrogen and oxygen atoms in total. The molecular weight excluding hydrogens is 292 g/mol. The summed E-state index contributed by atoms with van der Waals surface area (Å²) >= 11 is 0. The number of nitrogens with one attached hydrogen (secondary N) is 3. The van der Waals surface area contributed by atoms with Gasteiger partial charge in [0.05, 0.1) is 11.2 Å². The van der Waals surface area contributed by atoms with Crippen molar-refractivity contribution in [2.45, 2.75) is 0 Å². The summed E-state index contributed by atoms with van der Waals surface area (Å²) in [5, 5.41) is 21.0. The summed E-state index contributed by atoms with van der Waals surface area (Å²) in [6.45, 7) is 0. The summed E-state index contributed by atoms with van der Waals surface area (Å²) < 4.78 is 0. The van der Waals surface area contributed by atoms with E-state index in [0.29, 0.717) is 27.5 Å². The molecule has 3 aromatic rings. The maximum atomic E-state index is 12.6. The number of amidine groups is 1. The van der Waals surface area contributed by atoms with E-state index in [0.717, 1.165) is 0 Å². The third kappa shape index (κ3) is 2.49. The minimum Gasteiger partial charge on any atom is -0.382 e. The lowest BCUT2D eigenvalue weighted by Crippen LogP contribution is -2.22. The van der Waals surface area contributed by atoms with Crippen molar-refractivity contribution in [1.29, 1.82) is 10.7 Å². The average Bonchev–Trinajstić information content (AvgIpc) is 2.56. The minimum atomic E-state index is -0.431. The molecule has 7 heteroatoms. The fraction of sp³-hybridized carbons (Fsp3) is 0. The van der Waals surface area contributed by atoms with E-state index in [1.807, 2.05) is 18.2 Å². The number of nitriles is 1. The number of hydrogen-bond donors (Lipinski definition) is 4. The topological polar surface area (TPSA) is 131 Å². The summed E-state index contributed by atoms with van der Waals surface area (Å²) in [4.78, 5) is 15.7. The number of fused-ring (bicyclic) bond motifs is 2. The van der Waals surface area contributed by atoms with Crippen molar-refractivity contribution < 1.29 is 0 Å². The number of nitrogens with zero attached hydrogens (tertiary/aromatic N) is 2. The van der Waals surface area contributed by atoms with Crippen molar-refractivity contribution >= 4 is 39.0 Å². The second-order valence-electron chi connectivity index (χ2n) is 4.83. The Morgan fingerprint density at radius 1 is 1.22 bits per heavy atom. The van der Waals surface area contributed by atoms with Crippen LogP contribution in [0.4, 0.5) is 5.69 Å². The van der Waals surface area contributed by atoms with Crippen molar-refractivity contribution in [2.24, 2.45) is 10.8 Å². The van der Waals surface area contributed by atoms with E-state index in [1.54, 1.807) is 30.3 Å². The molecule has 0 radical (unpaired) electrons. The molecule has 112 valence electrons. The van der Waals surface area contributed by atoms with Gasteiger partial charge in [0.1, 0.15) is 6.07 Å². The van der Waals surface area contributed by atoms with Crippen LogP contribution in [0.2, 0.25) is 0 Å². The Bertz CT molecular complexity index is 1060. The van der Waals surface area contributed by atoms with Gasteiger partial charge in [-0.15, -0.1) is 0 Å². The highest BCUT2D eigenvalue weighted by Crippen LogP contribution is 2.22. The van der Waals surface area contributed by atoms with Gasteiger partial charge in [-0.1, -0.05) is 18.2 Å². The van der Waals surface area contributed by atoms with Crippen molar-refractivity contribution in [3.8, 4) is 6.07 Å². The molecule has 0 bridgehead atoms. The van der Waals surface area contributed by atoms with E-state index < -0.39 is 5.84 Å². The molecule has 0 saturated heterocycles. The van der Waals surface area contributed by atoms with Gasteiger partial charge in [0.25, 0.3) is 0 Å². The van der Waals surface area contributed by atoms with Crippen molar-refractivity contribution in [3.63, 3.8) is 0 Å². The second-order valence-corrected chi connectivity index (χ2v) is 4.83. The Kier molecular flexibility index (Phi) is 3.49. The minimum absolute atomic E-state index is 0.0888. The zero-order chi connectivity index (χ0) is 16.4. The zero-order valence-corrected chi connectivity index (χ0v) is 11.9. The van der Waals surface area contributed by atoms with Gasteiger partial charge < -0.3 is 10.7 Å². The van der Waals surface area contributed by atoms with E-state index in [9.17, 15) is 4.79 Å². The van der Waals surface area contributed by atoms with Gasteiger partial charge >= 0.3 is 0 Å². The van der Waals surface area contributed by atoms with Crippen molar-refractivity contribution in [3.05, 3.63) is 52.7 Å². The van der Waals surface area contributed by atoms with Crippen LogP contribution in [-0.2, 0) is 0 Å². The predicted molar refractivity (Wildman–Crippen MR) is 90.7 cm³/mol. The number of hydrogen-bond acceptors (Lipinski definition) is 5. The third-order valence-electron chi connectivity index (χ3n) is 3.39. The lowest BCUT2D eigenvalue weighted by Gasteiger charge is -2.08. The summed E-state index contributed by atoms with van der Waals surface area (Å²) in [5.74, 6) is -0.431. The zero-order valence-electron chi connectivity index (χ0n) is 11.9. The molecule has 1 aromatic heterocycles. The number of nitrogens with two attached hydrogens (primary N) is 1. The first-order valence-electron chi connectivity index (χ1n) is 6.73. The van der Waals surface area contributed by atoms with Crippen molar-refractivity contribution in [1.82, 2.24) is 4.98 Å². The number of rotatable bonds is 3. The van der Waals surface area contributed by atoms with Crippen LogP contribution in [0.15, 0.2) is 52.4 Å². The predicted octanol–water partition coefficient (Wildman–Crippen LogP) is 1.91. The normalized spacial score (nSPS) is 11.3. The summed E-state index contributed by atoms with van der Waals surface area (Å²) in [6.07, 6.45) is 0. The highest BCUT2D eigenvalue weighted by molar-refractivity contribution is 6.45. The molecule has 0 aliphatic carbocycles. The van der Waals surface area contributed by atoms with Crippen LogP contribution in [0.3, 0.4) is 0 Å². The average molecular weight is 304 g/mol. The van der Waals surface area contributed by atoms with E-state index in [-0.39, 0.29) is 11.1 Å². The van der Waals surface area contributed by atoms with Crippen LogP contribution in [-0.4, -0.2) is 16.5 Å². The number of pyridine rings is 1. The second kappa shape index (κ2) is 5.61. The number of anilines is 1. The fourth-order valence-electron chi connectivity index (χ4n) is 2.30. The summed E-state index contributed by atoms with van der Waals surface area (Å²) in [5.41, 5.74) is 9.41. The first kappa shape index (κ1) is 14.3. The van der Waals surface area contributed by atoms with Crippen LogP contribution < -0.4 is 16.6 Å². The number of benzene rings is 2. The number of aromatic nitrogens is 1. The van der Waals surface area contributed by atoms with Crippen LogP contribution in [0.1, 0.15) is 0 Å². The molecule has 0 atom stereocenters.